The van der Waals surface area contributed by atoms with Crippen LogP contribution in [0.25, 0.3) is 0 Å². The van der Waals surface area contributed by atoms with E-state index in [0.717, 1.165) is 6.07 Å². The molecule has 0 aliphatic rings. The molecule has 1 unspecified atom stereocenters. The number of hydrogen-bond donors (Lipinski definition) is 1. The van der Waals surface area contributed by atoms with Gasteiger partial charge in [0.05, 0.1) is 5.69 Å². The molecule has 0 amide bonds. The predicted octanol–water partition coefficient (Wildman–Crippen LogP) is 1.46. The third-order valence-electron chi connectivity index (χ3n) is 1.58. The molecular weight excluding hydrogens is 197 g/mol. The van der Waals surface area contributed by atoms with Gasteiger partial charge in [0, 0.05) is 0 Å². The molecular formula is C8H7F3N2O. The van der Waals surface area contributed by atoms with Crippen molar-refractivity contribution in [2.45, 2.75) is 12.2 Å². The third-order valence-corrected chi connectivity index (χ3v) is 1.58. The number of pyridine rings is 1. The van der Waals surface area contributed by atoms with Gasteiger partial charge in [-0.15, -0.1) is 0 Å². The average Bonchev–Trinajstić information content (AvgIpc) is 2.15. The van der Waals surface area contributed by atoms with Gasteiger partial charge in [0.1, 0.15) is 11.7 Å². The van der Waals surface area contributed by atoms with Crippen LogP contribution in [0.4, 0.5) is 13.2 Å². The largest absolute Gasteiger partial charge is 0.409 e. The maximum absolute atomic E-state index is 12.1. The molecule has 0 saturated carbocycles. The third kappa shape index (κ3) is 2.29. The second-order valence-corrected chi connectivity index (χ2v) is 2.62. The van der Waals surface area contributed by atoms with Crippen LogP contribution in [0.3, 0.4) is 0 Å². The van der Waals surface area contributed by atoms with Gasteiger partial charge in [-0.2, -0.15) is 13.2 Å². The van der Waals surface area contributed by atoms with Crippen LogP contribution >= 0.6 is 0 Å². The quantitative estimate of drug-likeness (QED) is 0.742. The summed E-state index contributed by atoms with van der Waals surface area (Å²) >= 11 is 0. The summed E-state index contributed by atoms with van der Waals surface area (Å²) in [5, 5.41) is 0. The van der Waals surface area contributed by atoms with Crippen LogP contribution in [0.2, 0.25) is 0 Å². The summed E-state index contributed by atoms with van der Waals surface area (Å²) in [6, 6.07) is 1.59. The van der Waals surface area contributed by atoms with Gasteiger partial charge < -0.3 is 5.73 Å². The molecule has 1 rings (SSSR count). The van der Waals surface area contributed by atoms with E-state index in [1.54, 1.807) is 0 Å². The zero-order valence-electron chi connectivity index (χ0n) is 6.95. The minimum absolute atomic E-state index is 0.0674. The van der Waals surface area contributed by atoms with Crippen molar-refractivity contribution in [2.24, 2.45) is 5.73 Å². The molecule has 0 radical (unpaired) electrons. The van der Waals surface area contributed by atoms with Crippen LogP contribution < -0.4 is 5.73 Å². The lowest BCUT2D eigenvalue weighted by Crippen LogP contribution is -2.29. The van der Waals surface area contributed by atoms with Crippen molar-refractivity contribution in [2.75, 3.05) is 0 Å². The fraction of sp³-hybridized carbons (Fsp3) is 0.250. The number of rotatable bonds is 2. The molecule has 1 aromatic rings. The Balaban J connectivity index is 3.01. The smallest absolute Gasteiger partial charge is 0.315 e. The lowest BCUT2D eigenvalue weighted by Gasteiger charge is -2.14. The monoisotopic (exact) mass is 204 g/mol. The summed E-state index contributed by atoms with van der Waals surface area (Å²) in [4.78, 5) is 13.7. The van der Waals surface area contributed by atoms with Gasteiger partial charge in [0.25, 0.3) is 0 Å². The first-order valence-corrected chi connectivity index (χ1v) is 3.69. The van der Waals surface area contributed by atoms with Crippen LogP contribution in [0, 0.1) is 0 Å². The van der Waals surface area contributed by atoms with Gasteiger partial charge in [-0.1, -0.05) is 6.07 Å². The molecule has 76 valence electrons. The van der Waals surface area contributed by atoms with E-state index in [9.17, 15) is 18.0 Å². The van der Waals surface area contributed by atoms with Crippen molar-refractivity contribution in [3.05, 3.63) is 29.6 Å². The Kier molecular flexibility index (Phi) is 2.85. The Morgan fingerprint density at radius 1 is 1.43 bits per heavy atom. The lowest BCUT2D eigenvalue weighted by molar-refractivity contribution is -0.150. The topological polar surface area (TPSA) is 56.0 Å². The molecule has 0 saturated heterocycles. The Morgan fingerprint density at radius 3 is 2.57 bits per heavy atom. The second-order valence-electron chi connectivity index (χ2n) is 2.62. The second kappa shape index (κ2) is 3.75. The van der Waals surface area contributed by atoms with E-state index in [4.69, 9.17) is 5.73 Å². The maximum Gasteiger partial charge on any atom is 0.409 e. The molecule has 1 heterocycles. The van der Waals surface area contributed by atoms with E-state index in [0.29, 0.717) is 6.29 Å². The van der Waals surface area contributed by atoms with Gasteiger partial charge >= 0.3 is 6.18 Å². The highest BCUT2D eigenvalue weighted by atomic mass is 19.4. The van der Waals surface area contributed by atoms with E-state index in [1.165, 1.54) is 12.1 Å². The molecule has 1 aromatic heterocycles. The molecule has 0 aliphatic carbocycles. The zero-order chi connectivity index (χ0) is 10.8. The lowest BCUT2D eigenvalue weighted by atomic mass is 10.2. The Morgan fingerprint density at radius 2 is 2.07 bits per heavy atom. The Labute approximate surface area is 77.7 Å². The number of carbonyl (C=O) groups excluding carboxylic acids is 1. The molecule has 0 aliphatic heterocycles. The summed E-state index contributed by atoms with van der Waals surface area (Å²) in [7, 11) is 0. The number of hydrogen-bond acceptors (Lipinski definition) is 3. The van der Waals surface area contributed by atoms with Crippen molar-refractivity contribution >= 4 is 6.29 Å². The number of halogens is 3. The molecule has 3 nitrogen and oxygen atoms in total. The molecule has 6 heteroatoms. The molecule has 0 bridgehead atoms. The highest BCUT2D eigenvalue weighted by Gasteiger charge is 2.38. The first-order chi connectivity index (χ1) is 6.45. The SMILES string of the molecule is NC(c1cccc(C=O)n1)C(F)(F)F. The number of carbonyl (C=O) groups is 1. The molecule has 0 spiro atoms. The molecule has 0 aromatic carbocycles. The van der Waals surface area contributed by atoms with Crippen LogP contribution in [0.15, 0.2) is 18.2 Å². The first kappa shape index (κ1) is 10.6. The van der Waals surface area contributed by atoms with Gasteiger partial charge in [-0.25, -0.2) is 4.98 Å². The first-order valence-electron chi connectivity index (χ1n) is 3.69. The fourth-order valence-electron chi connectivity index (χ4n) is 0.875. The number of alkyl halides is 3. The summed E-state index contributed by atoms with van der Waals surface area (Å²) in [6.45, 7) is 0. The molecule has 14 heavy (non-hydrogen) atoms. The minimum atomic E-state index is -4.55. The van der Waals surface area contributed by atoms with Crippen molar-refractivity contribution in [1.82, 2.24) is 4.98 Å². The van der Waals surface area contributed by atoms with Crippen molar-refractivity contribution in [3.8, 4) is 0 Å². The van der Waals surface area contributed by atoms with Crippen LogP contribution in [-0.4, -0.2) is 17.4 Å². The van der Waals surface area contributed by atoms with E-state index >= 15 is 0 Å². The van der Waals surface area contributed by atoms with Crippen LogP contribution in [-0.2, 0) is 0 Å². The Hall–Kier alpha value is -1.43. The van der Waals surface area contributed by atoms with Gasteiger partial charge in [-0.3, -0.25) is 4.79 Å². The van der Waals surface area contributed by atoms with E-state index in [-0.39, 0.29) is 11.4 Å². The molecule has 0 fully saturated rings. The number of aldehydes is 1. The van der Waals surface area contributed by atoms with Gasteiger partial charge in [-0.05, 0) is 12.1 Å². The normalized spacial score (nSPS) is 13.7. The average molecular weight is 204 g/mol. The van der Waals surface area contributed by atoms with Crippen molar-refractivity contribution in [1.29, 1.82) is 0 Å². The van der Waals surface area contributed by atoms with E-state index < -0.39 is 12.2 Å². The van der Waals surface area contributed by atoms with Crippen molar-refractivity contribution in [3.63, 3.8) is 0 Å². The van der Waals surface area contributed by atoms with Gasteiger partial charge in [0.2, 0.25) is 0 Å². The van der Waals surface area contributed by atoms with Crippen LogP contribution in [0.1, 0.15) is 22.2 Å². The molecule has 1 atom stereocenters. The highest BCUT2D eigenvalue weighted by molar-refractivity contribution is 5.71. The number of nitrogens with two attached hydrogens (primary N) is 1. The highest BCUT2D eigenvalue weighted by Crippen LogP contribution is 2.29. The maximum atomic E-state index is 12.1. The van der Waals surface area contributed by atoms with E-state index in [1.807, 2.05) is 0 Å². The van der Waals surface area contributed by atoms with E-state index in [2.05, 4.69) is 4.98 Å². The molecule has 2 N–H and O–H groups in total. The standard InChI is InChI=1S/C8H7F3N2O/c9-8(10,11)7(12)6-3-1-2-5(4-14)13-6/h1-4,7H,12H2. The van der Waals surface area contributed by atoms with Gasteiger partial charge in [0.15, 0.2) is 6.29 Å². The van der Waals surface area contributed by atoms with Crippen molar-refractivity contribution < 1.29 is 18.0 Å². The summed E-state index contributed by atoms with van der Waals surface area (Å²) < 4.78 is 36.4. The summed E-state index contributed by atoms with van der Waals surface area (Å²) in [6.07, 6.45) is -4.18. The number of aromatic nitrogens is 1. The fourth-order valence-corrected chi connectivity index (χ4v) is 0.875. The Bertz CT molecular complexity index is 338. The summed E-state index contributed by atoms with van der Waals surface area (Å²) in [5.74, 6) is 0. The summed E-state index contributed by atoms with van der Waals surface area (Å²) in [5.41, 5.74) is 4.47. The zero-order valence-corrected chi connectivity index (χ0v) is 6.95. The number of nitrogens with zero attached hydrogens (tertiary/aromatic N) is 1. The minimum Gasteiger partial charge on any atom is -0.315 e. The van der Waals surface area contributed by atoms with Crippen LogP contribution in [0.5, 0.6) is 0 Å². The predicted molar refractivity (Wildman–Crippen MR) is 42.6 cm³/mol.